The number of hydrogen-bond donors (Lipinski definition) is 2. The topological polar surface area (TPSA) is 53.1 Å². The monoisotopic (exact) mass is 377 g/mol. The molecule has 144 valence electrons. The average Bonchev–Trinajstić information content (AvgIpc) is 2.75. The summed E-state index contributed by atoms with van der Waals surface area (Å²) in [5.41, 5.74) is 2.82. The van der Waals surface area contributed by atoms with Crippen LogP contribution in [0.2, 0.25) is 0 Å². The van der Waals surface area contributed by atoms with Gasteiger partial charge in [0.1, 0.15) is 11.6 Å². The summed E-state index contributed by atoms with van der Waals surface area (Å²) in [4.78, 5) is 11.1. The normalized spacial score (nSPS) is 14.0. The highest BCUT2D eigenvalue weighted by atomic mass is 19.1. The van der Waals surface area contributed by atoms with Crippen molar-refractivity contribution in [1.29, 1.82) is 0 Å². The van der Waals surface area contributed by atoms with Crippen molar-refractivity contribution in [1.82, 2.24) is 9.97 Å². The molecule has 6 heteroatoms. The first-order chi connectivity index (χ1) is 13.8. The molecule has 28 heavy (non-hydrogen) atoms. The van der Waals surface area contributed by atoms with Crippen LogP contribution in [0.5, 0.6) is 0 Å². The van der Waals surface area contributed by atoms with Crippen molar-refractivity contribution >= 4 is 23.1 Å². The molecule has 4 rings (SSSR count). The van der Waals surface area contributed by atoms with Crippen LogP contribution in [0.4, 0.5) is 27.5 Å². The fraction of sp³-hybridized carbons (Fsp3) is 0.273. The zero-order valence-corrected chi connectivity index (χ0v) is 15.7. The van der Waals surface area contributed by atoms with Gasteiger partial charge in [0.05, 0.1) is 0 Å². The maximum Gasteiger partial charge on any atom is 0.224 e. The molecule has 1 aliphatic rings. The molecule has 1 aromatic heterocycles. The molecule has 0 radical (unpaired) electrons. The highest BCUT2D eigenvalue weighted by Crippen LogP contribution is 2.23. The Kier molecular flexibility index (Phi) is 5.66. The van der Waals surface area contributed by atoms with Gasteiger partial charge in [0.2, 0.25) is 5.95 Å². The number of aromatic nitrogens is 2. The summed E-state index contributed by atoms with van der Waals surface area (Å²) < 4.78 is 13.7. The van der Waals surface area contributed by atoms with E-state index in [1.54, 1.807) is 18.3 Å². The van der Waals surface area contributed by atoms with E-state index < -0.39 is 0 Å². The summed E-state index contributed by atoms with van der Waals surface area (Å²) in [5, 5.41) is 6.37. The number of nitrogens with one attached hydrogen (secondary N) is 2. The zero-order valence-electron chi connectivity index (χ0n) is 15.7. The number of piperidine rings is 1. The summed E-state index contributed by atoms with van der Waals surface area (Å²) in [6.07, 6.45) is 5.55. The fourth-order valence-electron chi connectivity index (χ4n) is 3.39. The first kappa shape index (κ1) is 18.2. The summed E-state index contributed by atoms with van der Waals surface area (Å²) >= 11 is 0. The van der Waals surface area contributed by atoms with Crippen LogP contribution in [-0.4, -0.2) is 23.1 Å². The Bertz CT molecular complexity index is 907. The van der Waals surface area contributed by atoms with Gasteiger partial charge in [-0.05, 0) is 55.7 Å². The zero-order chi connectivity index (χ0) is 19.2. The molecule has 2 N–H and O–H groups in total. The van der Waals surface area contributed by atoms with Crippen molar-refractivity contribution in [3.63, 3.8) is 0 Å². The first-order valence-corrected chi connectivity index (χ1v) is 9.70. The van der Waals surface area contributed by atoms with Crippen molar-refractivity contribution < 1.29 is 4.39 Å². The van der Waals surface area contributed by atoms with E-state index in [9.17, 15) is 4.39 Å². The third kappa shape index (κ3) is 4.57. The Morgan fingerprint density at radius 1 is 0.929 bits per heavy atom. The molecule has 0 amide bonds. The van der Waals surface area contributed by atoms with E-state index in [2.05, 4.69) is 49.8 Å². The Morgan fingerprint density at radius 2 is 1.71 bits per heavy atom. The minimum Gasteiger partial charge on any atom is -0.372 e. The molecule has 1 fully saturated rings. The highest BCUT2D eigenvalue weighted by Gasteiger charge is 2.10. The molecule has 2 aromatic carbocycles. The third-order valence-electron chi connectivity index (χ3n) is 4.91. The summed E-state index contributed by atoms with van der Waals surface area (Å²) in [6.45, 7) is 2.60. The Balaban J connectivity index is 1.38. The van der Waals surface area contributed by atoms with Crippen LogP contribution in [0.25, 0.3) is 0 Å². The molecular weight excluding hydrogens is 353 g/mol. The van der Waals surface area contributed by atoms with Gasteiger partial charge >= 0.3 is 0 Å². The molecule has 1 aliphatic heterocycles. The van der Waals surface area contributed by atoms with Crippen molar-refractivity contribution in [2.24, 2.45) is 0 Å². The lowest BCUT2D eigenvalue weighted by Crippen LogP contribution is -2.29. The predicted molar refractivity (Wildman–Crippen MR) is 112 cm³/mol. The second-order valence-electron chi connectivity index (χ2n) is 6.93. The second kappa shape index (κ2) is 8.69. The Labute approximate surface area is 164 Å². The van der Waals surface area contributed by atoms with Crippen LogP contribution in [-0.2, 0) is 6.54 Å². The quantitative estimate of drug-likeness (QED) is 0.636. The summed E-state index contributed by atoms with van der Waals surface area (Å²) in [6, 6.07) is 16.9. The van der Waals surface area contributed by atoms with E-state index in [0.29, 0.717) is 23.9 Å². The molecular formula is C22H24FN5. The molecule has 0 saturated carbocycles. The van der Waals surface area contributed by atoms with Gasteiger partial charge in [-0.15, -0.1) is 0 Å². The molecule has 0 spiro atoms. The maximum absolute atomic E-state index is 13.7. The smallest absolute Gasteiger partial charge is 0.224 e. The van der Waals surface area contributed by atoms with Crippen LogP contribution < -0.4 is 15.5 Å². The lowest BCUT2D eigenvalue weighted by atomic mass is 10.1. The second-order valence-corrected chi connectivity index (χ2v) is 6.93. The first-order valence-electron chi connectivity index (χ1n) is 9.70. The standard InChI is InChI=1S/C22H24FN5/c23-20-7-3-2-6-17(20)16-25-22-24-13-12-21(27-22)26-18-8-10-19(11-9-18)28-14-4-1-5-15-28/h2-3,6-13H,1,4-5,14-16H2,(H2,24,25,26,27). The summed E-state index contributed by atoms with van der Waals surface area (Å²) in [5.74, 6) is 0.910. The molecule has 0 unspecified atom stereocenters. The van der Waals surface area contributed by atoms with Crippen molar-refractivity contribution in [2.45, 2.75) is 25.8 Å². The van der Waals surface area contributed by atoms with Gasteiger partial charge in [0.15, 0.2) is 0 Å². The highest BCUT2D eigenvalue weighted by molar-refractivity contribution is 5.61. The van der Waals surface area contributed by atoms with E-state index in [-0.39, 0.29) is 5.82 Å². The van der Waals surface area contributed by atoms with Crippen molar-refractivity contribution in [3.8, 4) is 0 Å². The number of benzene rings is 2. The number of rotatable bonds is 6. The van der Waals surface area contributed by atoms with Gasteiger partial charge in [-0.1, -0.05) is 18.2 Å². The molecule has 3 aromatic rings. The van der Waals surface area contributed by atoms with Gasteiger partial charge in [0.25, 0.3) is 0 Å². The van der Waals surface area contributed by atoms with E-state index in [1.807, 2.05) is 12.1 Å². The van der Waals surface area contributed by atoms with Gasteiger partial charge in [-0.25, -0.2) is 9.37 Å². The van der Waals surface area contributed by atoms with Gasteiger partial charge in [0, 0.05) is 42.8 Å². The van der Waals surface area contributed by atoms with Crippen LogP contribution in [0, 0.1) is 5.82 Å². The molecule has 0 atom stereocenters. The predicted octanol–water partition coefficient (Wildman–Crippen LogP) is 4.96. The summed E-state index contributed by atoms with van der Waals surface area (Å²) in [7, 11) is 0. The van der Waals surface area contributed by atoms with Crippen LogP contribution in [0.15, 0.2) is 60.8 Å². The molecule has 1 saturated heterocycles. The number of anilines is 4. The van der Waals surface area contributed by atoms with Gasteiger partial charge in [-0.3, -0.25) is 0 Å². The average molecular weight is 377 g/mol. The number of halogens is 1. The largest absolute Gasteiger partial charge is 0.372 e. The van der Waals surface area contributed by atoms with E-state index in [4.69, 9.17) is 0 Å². The van der Waals surface area contributed by atoms with Crippen molar-refractivity contribution in [2.75, 3.05) is 28.6 Å². The third-order valence-corrected chi connectivity index (χ3v) is 4.91. The number of nitrogens with zero attached hydrogens (tertiary/aromatic N) is 3. The van der Waals surface area contributed by atoms with Gasteiger partial charge < -0.3 is 15.5 Å². The fourth-order valence-corrected chi connectivity index (χ4v) is 3.39. The Morgan fingerprint density at radius 3 is 2.50 bits per heavy atom. The minimum absolute atomic E-state index is 0.238. The lowest BCUT2D eigenvalue weighted by molar-refractivity contribution is 0.578. The van der Waals surface area contributed by atoms with Crippen LogP contribution >= 0.6 is 0 Å². The van der Waals surface area contributed by atoms with Crippen LogP contribution in [0.3, 0.4) is 0 Å². The molecule has 0 bridgehead atoms. The number of hydrogen-bond acceptors (Lipinski definition) is 5. The lowest BCUT2D eigenvalue weighted by Gasteiger charge is -2.28. The van der Waals surface area contributed by atoms with E-state index >= 15 is 0 Å². The van der Waals surface area contributed by atoms with Crippen LogP contribution in [0.1, 0.15) is 24.8 Å². The minimum atomic E-state index is -0.238. The van der Waals surface area contributed by atoms with E-state index in [0.717, 1.165) is 18.8 Å². The van der Waals surface area contributed by atoms with Crippen molar-refractivity contribution in [3.05, 3.63) is 72.2 Å². The van der Waals surface area contributed by atoms with E-state index in [1.165, 1.54) is 31.0 Å². The maximum atomic E-state index is 13.7. The van der Waals surface area contributed by atoms with Gasteiger partial charge in [-0.2, -0.15) is 4.98 Å². The Hall–Kier alpha value is -3.15. The molecule has 2 heterocycles. The SMILES string of the molecule is Fc1ccccc1CNc1nccc(Nc2ccc(N3CCCCC3)cc2)n1. The molecule has 5 nitrogen and oxygen atoms in total. The molecule has 0 aliphatic carbocycles.